The van der Waals surface area contributed by atoms with Crippen molar-refractivity contribution in [1.82, 2.24) is 10.6 Å². The van der Waals surface area contributed by atoms with E-state index in [1.807, 2.05) is 12.1 Å². The number of piperidine rings is 1. The van der Waals surface area contributed by atoms with Crippen LogP contribution in [0.2, 0.25) is 0 Å². The average molecular weight is 324 g/mol. The third-order valence-corrected chi connectivity index (χ3v) is 4.73. The zero-order valence-corrected chi connectivity index (χ0v) is 13.3. The van der Waals surface area contributed by atoms with Crippen molar-refractivity contribution in [2.45, 2.75) is 25.2 Å². The Balaban J connectivity index is 1.70. The van der Waals surface area contributed by atoms with Gasteiger partial charge in [0.1, 0.15) is 5.82 Å². The van der Waals surface area contributed by atoms with E-state index >= 15 is 0 Å². The van der Waals surface area contributed by atoms with E-state index in [9.17, 15) is 9.18 Å². The second-order valence-corrected chi connectivity index (χ2v) is 6.45. The van der Waals surface area contributed by atoms with Crippen molar-refractivity contribution in [2.75, 3.05) is 18.4 Å². The molecule has 2 amide bonds. The molecule has 24 heavy (non-hydrogen) atoms. The van der Waals surface area contributed by atoms with Crippen LogP contribution in [0.5, 0.6) is 0 Å². The van der Waals surface area contributed by atoms with E-state index in [-0.39, 0.29) is 11.8 Å². The second kappa shape index (κ2) is 6.24. The Morgan fingerprint density at radius 2 is 1.96 bits per heavy atom. The largest absolute Gasteiger partial charge is 0.346 e. The predicted octanol–water partition coefficient (Wildman–Crippen LogP) is 3.66. The first-order valence-corrected chi connectivity index (χ1v) is 8.34. The summed E-state index contributed by atoms with van der Waals surface area (Å²) in [7, 11) is 0. The molecule has 2 aromatic carbocycles. The molecule has 0 atom stereocenters. The number of benzene rings is 2. The summed E-state index contributed by atoms with van der Waals surface area (Å²) in [5, 5.41) is 10.3. The van der Waals surface area contributed by atoms with Crippen molar-refractivity contribution in [3.05, 3.63) is 58.9 Å². The van der Waals surface area contributed by atoms with Gasteiger partial charge in [0, 0.05) is 0 Å². The zero-order valence-electron chi connectivity index (χ0n) is 13.3. The van der Waals surface area contributed by atoms with Crippen molar-refractivity contribution in [3.63, 3.8) is 0 Å². The van der Waals surface area contributed by atoms with Crippen LogP contribution in [0, 0.1) is 5.82 Å². The molecule has 0 spiro atoms. The van der Waals surface area contributed by atoms with Crippen molar-refractivity contribution < 1.29 is 9.18 Å². The van der Waals surface area contributed by atoms with Crippen LogP contribution in [0.4, 0.5) is 20.6 Å². The van der Waals surface area contributed by atoms with Crippen LogP contribution in [0.15, 0.2) is 36.4 Å². The fraction of sp³-hybridized carbons (Fsp3) is 0.316. The van der Waals surface area contributed by atoms with Gasteiger partial charge < -0.3 is 10.6 Å². The van der Waals surface area contributed by atoms with E-state index in [0.29, 0.717) is 12.3 Å². The predicted molar refractivity (Wildman–Crippen MR) is 91.3 cm³/mol. The Morgan fingerprint density at radius 3 is 2.75 bits per heavy atom. The van der Waals surface area contributed by atoms with Crippen LogP contribution in [0.1, 0.15) is 35.4 Å². The van der Waals surface area contributed by atoms with Gasteiger partial charge in [-0.25, -0.2) is 9.18 Å². The van der Waals surface area contributed by atoms with Crippen molar-refractivity contribution in [2.24, 2.45) is 0 Å². The summed E-state index contributed by atoms with van der Waals surface area (Å²) in [6, 6.07) is 10.4. The molecule has 123 valence electrons. The van der Waals surface area contributed by atoms with Crippen LogP contribution in [0.3, 0.4) is 0 Å². The van der Waals surface area contributed by atoms with E-state index in [1.165, 1.54) is 6.07 Å². The number of carbonyl (C=O) groups is 1. The molecule has 2 aromatic rings. The summed E-state index contributed by atoms with van der Waals surface area (Å²) in [5.41, 5.74) is 4.70. The Hall–Kier alpha value is -2.40. The van der Waals surface area contributed by atoms with Crippen LogP contribution < -0.4 is 16.0 Å². The van der Waals surface area contributed by atoms with Gasteiger partial charge in [-0.2, -0.15) is 5.32 Å². The lowest BCUT2D eigenvalue weighted by atomic mass is 9.87. The number of rotatable bonds is 3. The van der Waals surface area contributed by atoms with Gasteiger partial charge in [-0.1, -0.05) is 18.2 Å². The normalized spacial score (nSPS) is 17.3. The second-order valence-electron chi connectivity index (χ2n) is 6.45. The number of urea groups is 1. The maximum absolute atomic E-state index is 13.4. The minimum atomic E-state index is -0.303. The van der Waals surface area contributed by atoms with E-state index < -0.39 is 0 Å². The average Bonchev–Trinajstić information content (AvgIpc) is 2.95. The lowest BCUT2D eigenvalue weighted by molar-refractivity contribution is 0.256. The molecule has 0 aliphatic carbocycles. The monoisotopic (exact) mass is 324 g/mol. The highest BCUT2D eigenvalue weighted by Gasteiger charge is 2.27. The highest BCUT2D eigenvalue weighted by atomic mass is 19.1. The highest BCUT2D eigenvalue weighted by Crippen LogP contribution is 2.40. The molecule has 2 heterocycles. The number of halogens is 1. The molecule has 2 aliphatic heterocycles. The van der Waals surface area contributed by atoms with Crippen molar-refractivity contribution in [3.8, 4) is 0 Å². The molecule has 2 aliphatic rings. The highest BCUT2D eigenvalue weighted by molar-refractivity contribution is 6.03. The zero-order chi connectivity index (χ0) is 16.5. The van der Waals surface area contributed by atoms with Crippen LogP contribution in [-0.4, -0.2) is 19.1 Å². The topological polar surface area (TPSA) is 55.2 Å². The summed E-state index contributed by atoms with van der Waals surface area (Å²) >= 11 is 0. The maximum atomic E-state index is 13.4. The quantitative estimate of drug-likeness (QED) is 0.905. The number of anilines is 1. The molecule has 0 unspecified atom stereocenters. The number of nitrogens with zero attached hydrogens (tertiary/aromatic N) is 1. The Morgan fingerprint density at radius 1 is 1.12 bits per heavy atom. The number of hydrogen-bond acceptors (Lipinski definition) is 2. The fourth-order valence-electron chi connectivity index (χ4n) is 3.61. The number of carbonyl (C=O) groups excluding carboxylic acids is 1. The molecule has 5 heteroatoms. The molecule has 2 N–H and O–H groups in total. The first-order valence-electron chi connectivity index (χ1n) is 8.34. The molecule has 0 bridgehead atoms. The summed E-state index contributed by atoms with van der Waals surface area (Å²) in [5.74, 6) is 0.180. The minimum Gasteiger partial charge on any atom is -0.317 e. The van der Waals surface area contributed by atoms with Gasteiger partial charge in [0.25, 0.3) is 0 Å². The molecule has 4 nitrogen and oxygen atoms in total. The lowest BCUT2D eigenvalue weighted by Gasteiger charge is -2.25. The number of fused-ring (bicyclic) bond motifs is 1. The first kappa shape index (κ1) is 15.1. The van der Waals surface area contributed by atoms with Gasteiger partial charge in [-0.3, -0.25) is 0 Å². The van der Waals surface area contributed by atoms with Gasteiger partial charge in [0.2, 0.25) is 0 Å². The number of hydrogen-bond donors (Lipinski definition) is 2. The molecule has 1 fully saturated rings. The van der Waals surface area contributed by atoms with E-state index in [1.54, 1.807) is 12.1 Å². The van der Waals surface area contributed by atoms with Gasteiger partial charge in [0.05, 0.1) is 11.4 Å². The molecule has 4 rings (SSSR count). The molecular weight excluding hydrogens is 305 g/mol. The van der Waals surface area contributed by atoms with Crippen molar-refractivity contribution >= 4 is 17.4 Å². The molecule has 0 aromatic heterocycles. The standard InChI is InChI=1S/C19H19FN3O/c20-15-3-1-2-12(9-15)8-13-10-16(14-4-6-21-7-5-14)18-17(11-13)22-19(24)23-18/h1-3,9-11,14,21H,4-8H2,(H,22,24). The van der Waals surface area contributed by atoms with Gasteiger partial charge in [-0.15, -0.1) is 0 Å². The van der Waals surface area contributed by atoms with Gasteiger partial charge in [0.15, 0.2) is 0 Å². The third-order valence-electron chi connectivity index (χ3n) is 4.73. The summed E-state index contributed by atoms with van der Waals surface area (Å²) in [6.07, 6.45) is 2.72. The molecular formula is C19H19FN3O. The smallest absolute Gasteiger partial charge is 0.317 e. The molecule has 1 saturated heterocycles. The summed E-state index contributed by atoms with van der Waals surface area (Å²) < 4.78 is 13.4. The Kier molecular flexibility index (Phi) is 3.94. The molecule has 0 saturated carbocycles. The number of amides is 2. The lowest BCUT2D eigenvalue weighted by Crippen LogP contribution is -2.27. The van der Waals surface area contributed by atoms with Crippen LogP contribution in [0.25, 0.3) is 0 Å². The third kappa shape index (κ3) is 2.99. The SMILES string of the molecule is O=C1[N]c2c(cc(Cc3cccc(F)c3)cc2C2CCNCC2)N1. The van der Waals surface area contributed by atoms with Gasteiger partial charge in [-0.05, 0) is 73.2 Å². The van der Waals surface area contributed by atoms with E-state index in [2.05, 4.69) is 22.0 Å². The number of nitrogens with one attached hydrogen (secondary N) is 2. The van der Waals surface area contributed by atoms with Crippen LogP contribution in [-0.2, 0) is 6.42 Å². The van der Waals surface area contributed by atoms with E-state index in [4.69, 9.17) is 0 Å². The van der Waals surface area contributed by atoms with E-state index in [0.717, 1.165) is 54.0 Å². The maximum Gasteiger partial charge on any atom is 0.346 e. The Labute approximate surface area is 140 Å². The Bertz CT molecular complexity index is 784. The summed E-state index contributed by atoms with van der Waals surface area (Å²) in [6.45, 7) is 1.96. The summed E-state index contributed by atoms with van der Waals surface area (Å²) in [4.78, 5) is 11.7. The minimum absolute atomic E-state index is 0.226. The van der Waals surface area contributed by atoms with Gasteiger partial charge >= 0.3 is 6.03 Å². The fourth-order valence-corrected chi connectivity index (χ4v) is 3.61. The molecule has 1 radical (unpaired) electrons. The van der Waals surface area contributed by atoms with Crippen molar-refractivity contribution in [1.29, 1.82) is 0 Å². The van der Waals surface area contributed by atoms with Crippen LogP contribution >= 0.6 is 0 Å². The first-order chi connectivity index (χ1) is 11.7.